The number of carbonyl (C=O) groups is 3. The molecular weight excluding hydrogens is 649 g/mol. The van der Waals surface area contributed by atoms with Crippen molar-refractivity contribution in [3.8, 4) is 33.6 Å². The molecule has 0 aliphatic carbocycles. The Morgan fingerprint density at radius 1 is 0.843 bits per heavy atom. The van der Waals surface area contributed by atoms with Crippen LogP contribution in [0.1, 0.15) is 74.4 Å². The van der Waals surface area contributed by atoms with Crippen molar-refractivity contribution < 1.29 is 23.5 Å². The smallest absolute Gasteiger partial charge is 0.407 e. The predicted molar refractivity (Wildman–Crippen MR) is 189 cm³/mol. The van der Waals surface area contributed by atoms with E-state index in [4.69, 9.17) is 4.74 Å². The Morgan fingerprint density at radius 2 is 1.45 bits per heavy atom. The number of hydrogen-bond donors (Lipinski definition) is 3. The molecule has 11 nitrogen and oxygen atoms in total. The number of amides is 3. The normalized spacial score (nSPS) is 17.8. The summed E-state index contributed by atoms with van der Waals surface area (Å²) in [6.07, 6.45) is 6.44. The maximum absolute atomic E-state index is 15.5. The van der Waals surface area contributed by atoms with Gasteiger partial charge in [-0.3, -0.25) is 9.59 Å². The first kappa shape index (κ1) is 33.7. The lowest BCUT2D eigenvalue weighted by Gasteiger charge is -2.28. The Balaban J connectivity index is 1.05. The SMILES string of the molecule is CCC(=O)N1CCC[C@H]1c1ncc(-c2ccc(-c3ccc(-c4cnc([C@@H]5CCCN5C(=O)[C@H](NC(=O)OC)c5ccccc5)[nH]4)cc3)cc2F)[nH]1. The first-order valence-electron chi connectivity index (χ1n) is 17.3. The van der Waals surface area contributed by atoms with Crippen LogP contribution in [0, 0.1) is 5.82 Å². The van der Waals surface area contributed by atoms with E-state index in [0.717, 1.165) is 48.1 Å². The van der Waals surface area contributed by atoms with E-state index >= 15 is 4.39 Å². The van der Waals surface area contributed by atoms with Crippen LogP contribution in [0.3, 0.4) is 0 Å². The molecule has 0 unspecified atom stereocenters. The number of halogens is 1. The highest BCUT2D eigenvalue weighted by Crippen LogP contribution is 2.36. The van der Waals surface area contributed by atoms with Gasteiger partial charge in [0.2, 0.25) is 5.91 Å². The van der Waals surface area contributed by atoms with Crippen molar-refractivity contribution >= 4 is 17.9 Å². The number of hydrogen-bond acceptors (Lipinski definition) is 6. The molecule has 262 valence electrons. The number of methoxy groups -OCH3 is 1. The number of nitrogens with zero attached hydrogens (tertiary/aromatic N) is 4. The van der Waals surface area contributed by atoms with Gasteiger partial charge in [0.15, 0.2) is 0 Å². The fraction of sp³-hybridized carbons (Fsp3) is 0.308. The fourth-order valence-electron chi connectivity index (χ4n) is 7.19. The van der Waals surface area contributed by atoms with Crippen molar-refractivity contribution in [1.82, 2.24) is 35.1 Å². The molecule has 51 heavy (non-hydrogen) atoms. The quantitative estimate of drug-likeness (QED) is 0.151. The lowest BCUT2D eigenvalue weighted by molar-refractivity contribution is -0.134. The average molecular weight is 690 g/mol. The molecular formula is C39H40FN7O4. The number of nitrogens with one attached hydrogen (secondary N) is 3. The Hall–Kier alpha value is -5.78. The molecule has 0 radical (unpaired) electrons. The van der Waals surface area contributed by atoms with E-state index in [0.29, 0.717) is 48.0 Å². The second kappa shape index (κ2) is 14.6. The zero-order valence-corrected chi connectivity index (χ0v) is 28.6. The van der Waals surface area contributed by atoms with Crippen molar-refractivity contribution in [3.63, 3.8) is 0 Å². The van der Waals surface area contributed by atoms with Gasteiger partial charge in [-0.1, -0.05) is 67.6 Å². The fourth-order valence-corrected chi connectivity index (χ4v) is 7.19. The maximum Gasteiger partial charge on any atom is 0.407 e. The minimum absolute atomic E-state index is 0.0981. The third-order valence-corrected chi connectivity index (χ3v) is 9.85. The highest BCUT2D eigenvalue weighted by Gasteiger charge is 2.37. The van der Waals surface area contributed by atoms with Gasteiger partial charge in [-0.15, -0.1) is 0 Å². The first-order valence-corrected chi connectivity index (χ1v) is 17.3. The molecule has 3 atom stereocenters. The van der Waals surface area contributed by atoms with E-state index in [9.17, 15) is 14.4 Å². The summed E-state index contributed by atoms with van der Waals surface area (Å²) >= 11 is 0. The molecule has 0 saturated carbocycles. The average Bonchev–Trinajstić information content (AvgIpc) is 4.00. The second-order valence-electron chi connectivity index (χ2n) is 12.9. The van der Waals surface area contributed by atoms with Crippen LogP contribution < -0.4 is 5.32 Å². The third kappa shape index (κ3) is 6.86. The van der Waals surface area contributed by atoms with Gasteiger partial charge in [0.25, 0.3) is 5.91 Å². The molecule has 3 N–H and O–H groups in total. The van der Waals surface area contributed by atoms with Gasteiger partial charge >= 0.3 is 6.09 Å². The number of likely N-dealkylation sites (tertiary alicyclic amines) is 2. The van der Waals surface area contributed by atoms with E-state index in [-0.39, 0.29) is 29.7 Å². The molecule has 3 aromatic carbocycles. The molecule has 2 aliphatic heterocycles. The molecule has 0 spiro atoms. The van der Waals surface area contributed by atoms with Crippen LogP contribution in [0.25, 0.3) is 33.6 Å². The van der Waals surface area contributed by atoms with Gasteiger partial charge in [-0.05, 0) is 60.1 Å². The zero-order valence-electron chi connectivity index (χ0n) is 28.6. The molecule has 5 aromatic rings. The predicted octanol–water partition coefficient (Wildman–Crippen LogP) is 7.11. The Kier molecular flexibility index (Phi) is 9.65. The van der Waals surface area contributed by atoms with Crippen molar-refractivity contribution in [2.45, 2.75) is 57.2 Å². The van der Waals surface area contributed by atoms with Gasteiger partial charge in [0.1, 0.15) is 23.5 Å². The summed E-state index contributed by atoms with van der Waals surface area (Å²) in [5.41, 5.74) is 4.94. The van der Waals surface area contributed by atoms with E-state index in [2.05, 4.69) is 25.3 Å². The van der Waals surface area contributed by atoms with Crippen LogP contribution >= 0.6 is 0 Å². The number of aromatic amines is 2. The molecule has 4 heterocycles. The largest absolute Gasteiger partial charge is 0.453 e. The minimum atomic E-state index is -0.891. The Labute approximate surface area is 295 Å². The highest BCUT2D eigenvalue weighted by atomic mass is 19.1. The highest BCUT2D eigenvalue weighted by molar-refractivity contribution is 5.87. The zero-order chi connectivity index (χ0) is 35.5. The molecule has 2 fully saturated rings. The summed E-state index contributed by atoms with van der Waals surface area (Å²) in [5.74, 6) is 0.851. The summed E-state index contributed by atoms with van der Waals surface area (Å²) in [5, 5.41) is 2.69. The van der Waals surface area contributed by atoms with Gasteiger partial charge in [0, 0.05) is 25.1 Å². The van der Waals surface area contributed by atoms with Gasteiger partial charge in [-0.2, -0.15) is 0 Å². The van der Waals surface area contributed by atoms with Crippen molar-refractivity contribution in [3.05, 3.63) is 108 Å². The standard InChI is InChI=1S/C39H40FN7O4/c1-3-34(48)46-19-7-11-32(46)36-42-23-31(44-36)28-18-17-27(21-29(28)40)24-13-15-25(16-14-24)30-22-41-37(43-30)33-12-8-20-47(33)38(49)35(45-39(50)51-2)26-9-5-4-6-10-26/h4-6,9-10,13-18,21-23,32-33,35H,3,7-8,11-12,19-20H2,1-2H3,(H,41,43)(H,42,44)(H,45,50)/t32-,33-,35+/m0/s1. The Morgan fingerprint density at radius 3 is 2.12 bits per heavy atom. The van der Waals surface area contributed by atoms with Crippen LogP contribution in [0.5, 0.6) is 0 Å². The Bertz CT molecular complexity index is 2030. The van der Waals surface area contributed by atoms with Crippen molar-refractivity contribution in [2.75, 3.05) is 20.2 Å². The first-order chi connectivity index (χ1) is 24.8. The van der Waals surface area contributed by atoms with Crippen LogP contribution in [0.15, 0.2) is 85.2 Å². The van der Waals surface area contributed by atoms with Crippen LogP contribution in [0.2, 0.25) is 0 Å². The van der Waals surface area contributed by atoms with E-state index in [1.165, 1.54) is 13.2 Å². The third-order valence-electron chi connectivity index (χ3n) is 9.85. The summed E-state index contributed by atoms with van der Waals surface area (Å²) in [7, 11) is 1.27. The van der Waals surface area contributed by atoms with Crippen LogP contribution in [0.4, 0.5) is 9.18 Å². The summed E-state index contributed by atoms with van der Waals surface area (Å²) < 4.78 is 20.3. The molecule has 2 aliphatic rings. The molecule has 2 aromatic heterocycles. The number of aromatic nitrogens is 4. The van der Waals surface area contributed by atoms with Crippen LogP contribution in [-0.4, -0.2) is 67.8 Å². The number of rotatable bonds is 9. The van der Waals surface area contributed by atoms with Crippen LogP contribution in [-0.2, 0) is 14.3 Å². The van der Waals surface area contributed by atoms with Gasteiger partial charge in [-0.25, -0.2) is 19.2 Å². The number of benzene rings is 3. The summed E-state index contributed by atoms with van der Waals surface area (Å²) in [4.78, 5) is 57.8. The monoisotopic (exact) mass is 689 g/mol. The summed E-state index contributed by atoms with van der Waals surface area (Å²) in [6.45, 7) is 3.11. The number of carbonyl (C=O) groups excluding carboxylic acids is 3. The molecule has 12 heteroatoms. The lowest BCUT2D eigenvalue weighted by Crippen LogP contribution is -2.42. The molecule has 3 amide bonds. The molecule has 2 saturated heterocycles. The number of ether oxygens (including phenoxy) is 1. The van der Waals surface area contributed by atoms with E-state index in [1.54, 1.807) is 35.5 Å². The second-order valence-corrected chi connectivity index (χ2v) is 12.9. The van der Waals surface area contributed by atoms with E-state index < -0.39 is 12.1 Å². The topological polar surface area (TPSA) is 136 Å². The number of alkyl carbamates (subject to hydrolysis) is 1. The molecule has 7 rings (SSSR count). The lowest BCUT2D eigenvalue weighted by atomic mass is 10.0. The maximum atomic E-state index is 15.5. The van der Waals surface area contributed by atoms with Crippen molar-refractivity contribution in [1.29, 1.82) is 0 Å². The van der Waals surface area contributed by atoms with E-state index in [1.807, 2.05) is 60.4 Å². The number of imidazole rings is 2. The van der Waals surface area contributed by atoms with Crippen molar-refractivity contribution in [2.24, 2.45) is 0 Å². The number of H-pyrrole nitrogens is 2. The van der Waals surface area contributed by atoms with Gasteiger partial charge < -0.3 is 29.8 Å². The summed E-state index contributed by atoms with van der Waals surface area (Å²) in [6, 6.07) is 20.8. The van der Waals surface area contributed by atoms with Gasteiger partial charge in [0.05, 0.1) is 43.0 Å². The molecule has 0 bridgehead atoms. The minimum Gasteiger partial charge on any atom is -0.453 e.